The maximum absolute atomic E-state index is 13.5. The maximum atomic E-state index is 13.5. The topological polar surface area (TPSA) is 91.9 Å². The van der Waals surface area contributed by atoms with Crippen molar-refractivity contribution in [2.45, 2.75) is 37.9 Å². The summed E-state index contributed by atoms with van der Waals surface area (Å²) in [6, 6.07) is 11.2. The molecule has 0 unspecified atom stereocenters. The minimum atomic E-state index is -1.66. The van der Waals surface area contributed by atoms with Crippen LogP contribution in [0.25, 0.3) is 10.9 Å². The van der Waals surface area contributed by atoms with E-state index in [9.17, 15) is 20.1 Å². The lowest BCUT2D eigenvalue weighted by atomic mass is 9.71. The molecule has 0 fully saturated rings. The molecule has 2 atom stereocenters. The monoisotopic (exact) mass is 487 g/mol. The predicted molar refractivity (Wildman–Crippen MR) is 122 cm³/mol. The third kappa shape index (κ3) is 3.40. The maximum Gasteiger partial charge on any atom is 0.195 e. The fourth-order valence-electron chi connectivity index (χ4n) is 4.42. The van der Waals surface area contributed by atoms with Gasteiger partial charge in [-0.1, -0.05) is 35.8 Å². The highest BCUT2D eigenvalue weighted by Crippen LogP contribution is 2.46. The molecule has 0 saturated heterocycles. The molecule has 31 heavy (non-hydrogen) atoms. The molecule has 164 valence electrons. The minimum absolute atomic E-state index is 0.0213. The van der Waals surface area contributed by atoms with Gasteiger partial charge in [0.25, 0.3) is 0 Å². The van der Waals surface area contributed by atoms with Crippen LogP contribution in [0, 0.1) is 0 Å². The van der Waals surface area contributed by atoms with Crippen molar-refractivity contribution in [3.8, 4) is 5.75 Å². The Balaban J connectivity index is 1.77. The number of hydrogen-bond donors (Lipinski definition) is 3. The fourth-order valence-corrected chi connectivity index (χ4v) is 4.77. The van der Waals surface area contributed by atoms with Gasteiger partial charge < -0.3 is 24.6 Å². The second kappa shape index (κ2) is 7.45. The predicted octanol–water partition coefficient (Wildman–Crippen LogP) is 3.29. The number of carbonyl (C=O) groups excluding carboxylic acids is 1. The number of nitrogens with zero attached hydrogens (tertiary/aromatic N) is 1. The second-order valence-corrected chi connectivity index (χ2v) is 9.86. The second-order valence-electron chi connectivity index (χ2n) is 8.95. The van der Waals surface area contributed by atoms with Crippen LogP contribution in [0.1, 0.15) is 48.0 Å². The van der Waals surface area contributed by atoms with Crippen LogP contribution in [0.5, 0.6) is 5.75 Å². The highest BCUT2D eigenvalue weighted by molar-refractivity contribution is 9.10. The summed E-state index contributed by atoms with van der Waals surface area (Å²) in [7, 11) is 1.97. The number of rotatable bonds is 5. The lowest BCUT2D eigenvalue weighted by Gasteiger charge is -2.34. The molecule has 3 aromatic rings. The Bertz CT molecular complexity index is 1190. The molecule has 7 heteroatoms. The molecule has 0 radical (unpaired) electrons. The van der Waals surface area contributed by atoms with E-state index in [-0.39, 0.29) is 12.4 Å². The van der Waals surface area contributed by atoms with Crippen molar-refractivity contribution in [1.82, 2.24) is 4.57 Å². The quantitative estimate of drug-likeness (QED) is 0.513. The fraction of sp³-hybridized carbons (Fsp3) is 0.375. The SMILES string of the molecule is Cn1c2c(c3ccc(Br)cc31)C(=O)c1ccc(OC[C@@H](O)[C@](C)(O)CO)cc1C2(C)C. The van der Waals surface area contributed by atoms with E-state index in [0.717, 1.165) is 32.2 Å². The first-order chi connectivity index (χ1) is 14.5. The van der Waals surface area contributed by atoms with Gasteiger partial charge in [-0.15, -0.1) is 0 Å². The van der Waals surface area contributed by atoms with E-state index >= 15 is 0 Å². The number of carbonyl (C=O) groups is 1. The summed E-state index contributed by atoms with van der Waals surface area (Å²) in [4.78, 5) is 13.5. The first-order valence-corrected chi connectivity index (χ1v) is 10.9. The Kier molecular flexibility index (Phi) is 5.29. The average molecular weight is 488 g/mol. The summed E-state index contributed by atoms with van der Waals surface area (Å²) in [5.41, 5.74) is 2.01. The smallest absolute Gasteiger partial charge is 0.195 e. The zero-order valence-electron chi connectivity index (χ0n) is 17.9. The normalized spacial score (nSPS) is 17.7. The highest BCUT2D eigenvalue weighted by atomic mass is 79.9. The standard InChI is InChI=1S/C24H26BrNO5/c1-23(2)17-10-14(31-11-19(28)24(3,30)12-27)6-8-15(17)21(29)20-16-7-5-13(25)9-18(16)26(4)22(20)23/h5-10,19,27-28,30H,11-12H2,1-4H3/t19-,24-/m1/s1. The Morgan fingerprint density at radius 1 is 1.23 bits per heavy atom. The van der Waals surface area contributed by atoms with E-state index in [2.05, 4.69) is 34.3 Å². The molecular weight excluding hydrogens is 462 g/mol. The molecule has 1 aliphatic carbocycles. The zero-order valence-corrected chi connectivity index (χ0v) is 19.5. The Morgan fingerprint density at radius 2 is 1.94 bits per heavy atom. The van der Waals surface area contributed by atoms with Gasteiger partial charge in [-0.25, -0.2) is 0 Å². The summed E-state index contributed by atoms with van der Waals surface area (Å²) in [6.45, 7) is 4.74. The number of aliphatic hydroxyl groups excluding tert-OH is 2. The minimum Gasteiger partial charge on any atom is -0.491 e. The third-order valence-corrected chi connectivity index (χ3v) is 6.83. The molecule has 2 aromatic carbocycles. The van der Waals surface area contributed by atoms with Gasteiger partial charge in [-0.2, -0.15) is 0 Å². The molecule has 0 bridgehead atoms. The van der Waals surface area contributed by atoms with Crippen molar-refractivity contribution in [1.29, 1.82) is 0 Å². The number of fused-ring (bicyclic) bond motifs is 4. The van der Waals surface area contributed by atoms with Crippen molar-refractivity contribution >= 4 is 32.6 Å². The lowest BCUT2D eigenvalue weighted by molar-refractivity contribution is -0.105. The van der Waals surface area contributed by atoms with Crippen LogP contribution in [0.2, 0.25) is 0 Å². The molecule has 6 nitrogen and oxygen atoms in total. The van der Waals surface area contributed by atoms with Crippen LogP contribution in [-0.4, -0.2) is 50.6 Å². The number of aromatic nitrogens is 1. The molecule has 1 aromatic heterocycles. The zero-order chi connectivity index (χ0) is 22.7. The van der Waals surface area contributed by atoms with E-state index in [4.69, 9.17) is 4.74 Å². The highest BCUT2D eigenvalue weighted by Gasteiger charge is 2.41. The van der Waals surface area contributed by atoms with Crippen molar-refractivity contribution in [3.05, 3.63) is 63.3 Å². The van der Waals surface area contributed by atoms with Crippen LogP contribution in [0.15, 0.2) is 40.9 Å². The first kappa shape index (κ1) is 22.0. The van der Waals surface area contributed by atoms with E-state index < -0.39 is 23.7 Å². The summed E-state index contributed by atoms with van der Waals surface area (Å²) < 4.78 is 8.73. The third-order valence-electron chi connectivity index (χ3n) is 6.34. The largest absolute Gasteiger partial charge is 0.491 e. The molecule has 0 saturated carbocycles. The number of hydrogen-bond acceptors (Lipinski definition) is 5. The Morgan fingerprint density at radius 3 is 2.61 bits per heavy atom. The van der Waals surface area contributed by atoms with Gasteiger partial charge in [-0.05, 0) is 42.8 Å². The first-order valence-electron chi connectivity index (χ1n) is 10.1. The van der Waals surface area contributed by atoms with Crippen molar-refractivity contribution < 1.29 is 24.9 Å². The van der Waals surface area contributed by atoms with Crippen LogP contribution in [-0.2, 0) is 12.5 Å². The van der Waals surface area contributed by atoms with Gasteiger partial charge in [0, 0.05) is 39.1 Å². The molecule has 0 amide bonds. The molecule has 3 N–H and O–H groups in total. The molecular formula is C24H26BrNO5. The number of aryl methyl sites for hydroxylation is 1. The van der Waals surface area contributed by atoms with Gasteiger partial charge in [0.05, 0.1) is 12.2 Å². The number of benzene rings is 2. The molecule has 0 spiro atoms. The summed E-state index contributed by atoms with van der Waals surface area (Å²) in [5, 5.41) is 30.2. The van der Waals surface area contributed by atoms with Gasteiger partial charge in [-0.3, -0.25) is 4.79 Å². The van der Waals surface area contributed by atoms with E-state index in [1.165, 1.54) is 6.92 Å². The van der Waals surface area contributed by atoms with Crippen molar-refractivity contribution in [2.75, 3.05) is 13.2 Å². The van der Waals surface area contributed by atoms with Gasteiger partial charge in [0.2, 0.25) is 0 Å². The lowest BCUT2D eigenvalue weighted by Crippen LogP contribution is -2.46. The molecule has 4 rings (SSSR count). The summed E-state index contributed by atoms with van der Waals surface area (Å²) >= 11 is 3.52. The van der Waals surface area contributed by atoms with Crippen LogP contribution in [0.3, 0.4) is 0 Å². The van der Waals surface area contributed by atoms with Crippen LogP contribution < -0.4 is 4.74 Å². The number of ether oxygens (including phenoxy) is 1. The van der Waals surface area contributed by atoms with Crippen molar-refractivity contribution in [2.24, 2.45) is 7.05 Å². The molecule has 0 aliphatic heterocycles. The number of halogens is 1. The average Bonchev–Trinajstić information content (AvgIpc) is 3.03. The van der Waals surface area contributed by atoms with Crippen LogP contribution >= 0.6 is 15.9 Å². The Labute approximate surface area is 189 Å². The van der Waals surface area contributed by atoms with E-state index in [1.807, 2.05) is 31.3 Å². The van der Waals surface area contributed by atoms with E-state index in [0.29, 0.717) is 11.3 Å². The summed E-state index contributed by atoms with van der Waals surface area (Å²) in [6.07, 6.45) is -1.26. The molecule has 1 aliphatic rings. The van der Waals surface area contributed by atoms with Gasteiger partial charge in [0.1, 0.15) is 24.1 Å². The van der Waals surface area contributed by atoms with Gasteiger partial charge in [0.15, 0.2) is 5.78 Å². The number of aliphatic hydroxyl groups is 3. The van der Waals surface area contributed by atoms with Crippen molar-refractivity contribution in [3.63, 3.8) is 0 Å². The van der Waals surface area contributed by atoms with Crippen LogP contribution in [0.4, 0.5) is 0 Å². The number of ketones is 1. The molecule has 1 heterocycles. The Hall–Kier alpha value is -2.19. The summed E-state index contributed by atoms with van der Waals surface area (Å²) in [5.74, 6) is 0.462. The van der Waals surface area contributed by atoms with E-state index in [1.54, 1.807) is 12.1 Å². The van der Waals surface area contributed by atoms with Gasteiger partial charge >= 0.3 is 0 Å².